The van der Waals surface area contributed by atoms with Crippen LogP contribution in [0.15, 0.2) is 53.5 Å². The highest BCUT2D eigenvalue weighted by Gasteiger charge is 2.43. The molecule has 9 N–H and O–H groups in total. The van der Waals surface area contributed by atoms with E-state index in [-0.39, 0.29) is 35.4 Å². The Balaban J connectivity index is 1.55. The van der Waals surface area contributed by atoms with Crippen molar-refractivity contribution in [3.05, 3.63) is 64.7 Å². The van der Waals surface area contributed by atoms with Crippen molar-refractivity contribution in [2.24, 2.45) is 16.5 Å². The Hall–Kier alpha value is -4.11. The van der Waals surface area contributed by atoms with Crippen LogP contribution in [0.25, 0.3) is 10.2 Å². The number of carboxylic acids is 1. The molecular formula is C29H37N7O6S. The van der Waals surface area contributed by atoms with E-state index in [4.69, 9.17) is 11.5 Å². The molecule has 0 spiro atoms. The minimum Gasteiger partial charge on any atom is -0.478 e. The number of benzene rings is 2. The first-order valence-corrected chi connectivity index (χ1v) is 14.8. The zero-order valence-corrected chi connectivity index (χ0v) is 24.6. The Morgan fingerprint density at radius 2 is 1.93 bits per heavy atom. The average Bonchev–Trinajstić information content (AvgIpc) is 3.65. The molecule has 2 amide bonds. The summed E-state index contributed by atoms with van der Waals surface area (Å²) in [5.41, 5.74) is 12.2. The molecule has 13 nitrogen and oxygen atoms in total. The first kappa shape index (κ1) is 31.8. The highest BCUT2D eigenvalue weighted by atomic mass is 32.1. The van der Waals surface area contributed by atoms with Crippen LogP contribution in [0.5, 0.6) is 0 Å². The average molecular weight is 612 g/mol. The summed E-state index contributed by atoms with van der Waals surface area (Å²) in [6, 6.07) is 11.2. The largest absolute Gasteiger partial charge is 0.478 e. The van der Waals surface area contributed by atoms with Gasteiger partial charge >= 0.3 is 5.97 Å². The number of likely N-dealkylation sites (tertiary alicyclic amines) is 1. The quantitative estimate of drug-likeness (QED) is 0.0614. The smallest absolute Gasteiger partial charge is 0.335 e. The lowest BCUT2D eigenvalue weighted by molar-refractivity contribution is -0.196. The van der Waals surface area contributed by atoms with Crippen LogP contribution in [0.4, 0.5) is 0 Å². The molecule has 1 aliphatic heterocycles. The standard InChI is InChI=1S/C29H37N7O6S/c1-32-20(15-17-7-3-2-4-8-17)25(38)36-14-6-9-21(36)24(37)35-23(10-5-13-33-28(30)31)29(41,42)27-34-19-12-11-18(26(39)40)16-22(19)43-27/h2-4,7-8,11-12,16,20-21,23,32,41-42H,5-6,9-10,13-15H2,1H3,(H,35,37)(H,39,40)(H4,30,31,33)/t20-,21+,23+/m1/s1. The molecule has 4 rings (SSSR count). The zero-order valence-electron chi connectivity index (χ0n) is 23.8. The summed E-state index contributed by atoms with van der Waals surface area (Å²) in [6.45, 7) is 0.580. The van der Waals surface area contributed by atoms with Crippen molar-refractivity contribution in [3.8, 4) is 0 Å². The molecule has 43 heavy (non-hydrogen) atoms. The first-order valence-electron chi connectivity index (χ1n) is 14.0. The molecule has 2 heterocycles. The number of nitrogens with one attached hydrogen (secondary N) is 2. The van der Waals surface area contributed by atoms with E-state index in [9.17, 15) is 29.7 Å². The van der Waals surface area contributed by atoms with Gasteiger partial charge < -0.3 is 42.3 Å². The predicted octanol–water partition coefficient (Wildman–Crippen LogP) is 0.492. The highest BCUT2D eigenvalue weighted by Crippen LogP contribution is 2.33. The molecule has 1 aliphatic rings. The van der Waals surface area contributed by atoms with Crippen LogP contribution < -0.4 is 22.1 Å². The molecule has 3 atom stereocenters. The van der Waals surface area contributed by atoms with Crippen molar-refractivity contribution in [2.45, 2.75) is 56.0 Å². The fraction of sp³-hybridized carbons (Fsp3) is 0.414. The Kier molecular flexibility index (Phi) is 10.3. The molecule has 2 aromatic carbocycles. The van der Waals surface area contributed by atoms with Gasteiger partial charge in [-0.2, -0.15) is 0 Å². The lowest BCUT2D eigenvalue weighted by Gasteiger charge is -2.33. The molecule has 0 bridgehead atoms. The normalized spacial score (nSPS) is 16.5. The summed E-state index contributed by atoms with van der Waals surface area (Å²) >= 11 is 0.915. The summed E-state index contributed by atoms with van der Waals surface area (Å²) < 4.78 is 0.442. The maximum absolute atomic E-state index is 13.7. The molecule has 0 aliphatic carbocycles. The van der Waals surface area contributed by atoms with E-state index in [1.165, 1.54) is 23.1 Å². The summed E-state index contributed by atoms with van der Waals surface area (Å²) in [6.07, 6.45) is 1.86. The van der Waals surface area contributed by atoms with Gasteiger partial charge in [-0.3, -0.25) is 14.6 Å². The number of nitrogens with zero attached hydrogens (tertiary/aromatic N) is 3. The van der Waals surface area contributed by atoms with E-state index >= 15 is 0 Å². The van der Waals surface area contributed by atoms with Gasteiger partial charge in [-0.15, -0.1) is 11.3 Å². The lowest BCUT2D eigenvalue weighted by Crippen LogP contribution is -2.57. The molecule has 1 saturated heterocycles. The third-order valence-electron chi connectivity index (χ3n) is 7.47. The first-order chi connectivity index (χ1) is 20.5. The number of nitrogens with two attached hydrogens (primary N) is 2. The monoisotopic (exact) mass is 611 g/mol. The minimum absolute atomic E-state index is 0.0318. The van der Waals surface area contributed by atoms with Crippen LogP contribution in [-0.2, 0) is 21.8 Å². The van der Waals surface area contributed by atoms with Crippen molar-refractivity contribution in [1.82, 2.24) is 20.5 Å². The number of carboxylic acid groups (broad SMARTS) is 1. The number of amides is 2. The number of carbonyl (C=O) groups excluding carboxylic acids is 2. The van der Waals surface area contributed by atoms with Gasteiger partial charge in [-0.1, -0.05) is 30.3 Å². The van der Waals surface area contributed by atoms with Gasteiger partial charge in [0, 0.05) is 13.1 Å². The van der Waals surface area contributed by atoms with E-state index in [1.807, 2.05) is 30.3 Å². The number of fused-ring (bicyclic) bond motifs is 1. The van der Waals surface area contributed by atoms with Crippen LogP contribution in [0.2, 0.25) is 0 Å². The second-order valence-corrected chi connectivity index (χ2v) is 11.5. The number of thiazole rings is 1. The number of aromatic nitrogens is 1. The van der Waals surface area contributed by atoms with Crippen LogP contribution in [0.3, 0.4) is 0 Å². The SMILES string of the molecule is CN[C@H](Cc1ccccc1)C(=O)N1CCC[C@H]1C(=O)N[C@@H](CCCN=C(N)N)C(O)(O)c1nc2ccc(C(=O)O)cc2s1. The molecule has 1 fully saturated rings. The topological polar surface area (TPSA) is 216 Å². The third-order valence-corrected chi connectivity index (χ3v) is 8.60. The summed E-state index contributed by atoms with van der Waals surface area (Å²) in [5, 5.41) is 37.8. The lowest BCUT2D eigenvalue weighted by atomic mass is 10.0. The molecule has 230 valence electrons. The number of likely N-dealkylation sites (N-methyl/N-ethyl adjacent to an activating group) is 1. The summed E-state index contributed by atoms with van der Waals surface area (Å²) in [4.78, 5) is 48.4. The fourth-order valence-electron chi connectivity index (χ4n) is 5.18. The van der Waals surface area contributed by atoms with Crippen molar-refractivity contribution in [3.63, 3.8) is 0 Å². The van der Waals surface area contributed by atoms with Gasteiger partial charge in [0.1, 0.15) is 6.04 Å². The second kappa shape index (κ2) is 13.9. The molecule has 14 heteroatoms. The van der Waals surface area contributed by atoms with Gasteiger partial charge in [0.2, 0.25) is 17.6 Å². The molecular weight excluding hydrogens is 574 g/mol. The van der Waals surface area contributed by atoms with Crippen LogP contribution in [0, 0.1) is 0 Å². The van der Waals surface area contributed by atoms with Gasteiger partial charge in [-0.05, 0) is 62.9 Å². The van der Waals surface area contributed by atoms with Crippen LogP contribution >= 0.6 is 11.3 Å². The van der Waals surface area contributed by atoms with Gasteiger partial charge in [0.15, 0.2) is 11.0 Å². The van der Waals surface area contributed by atoms with Crippen molar-refractivity contribution in [1.29, 1.82) is 0 Å². The van der Waals surface area contributed by atoms with Crippen LogP contribution in [-0.4, -0.2) is 87.2 Å². The Morgan fingerprint density at radius 3 is 2.60 bits per heavy atom. The Morgan fingerprint density at radius 1 is 1.19 bits per heavy atom. The number of aliphatic imine (C=N–C) groups is 1. The number of guanidine groups is 1. The maximum atomic E-state index is 13.7. The van der Waals surface area contributed by atoms with E-state index in [1.54, 1.807) is 7.05 Å². The molecule has 0 unspecified atom stereocenters. The number of aliphatic hydroxyl groups is 2. The number of hydrogen-bond acceptors (Lipinski definition) is 9. The second-order valence-electron chi connectivity index (χ2n) is 10.5. The number of carbonyl (C=O) groups is 3. The van der Waals surface area contributed by atoms with E-state index < -0.39 is 35.8 Å². The predicted molar refractivity (Wildman–Crippen MR) is 162 cm³/mol. The third kappa shape index (κ3) is 7.65. The fourth-order valence-corrected chi connectivity index (χ4v) is 6.22. The zero-order chi connectivity index (χ0) is 31.1. The van der Waals surface area contributed by atoms with Crippen molar-refractivity contribution < 1.29 is 29.7 Å². The maximum Gasteiger partial charge on any atom is 0.335 e. The van der Waals surface area contributed by atoms with E-state index in [0.29, 0.717) is 42.4 Å². The van der Waals surface area contributed by atoms with Crippen LogP contribution in [0.1, 0.15) is 46.6 Å². The van der Waals surface area contributed by atoms with E-state index in [2.05, 4.69) is 20.6 Å². The van der Waals surface area contributed by atoms with Gasteiger partial charge in [0.25, 0.3) is 0 Å². The van der Waals surface area contributed by atoms with Gasteiger partial charge in [0.05, 0.1) is 27.9 Å². The molecule has 3 aromatic rings. The summed E-state index contributed by atoms with van der Waals surface area (Å²) in [7, 11) is 1.70. The minimum atomic E-state index is -2.62. The number of rotatable bonds is 13. The van der Waals surface area contributed by atoms with Crippen molar-refractivity contribution in [2.75, 3.05) is 20.1 Å². The Labute approximate surface area is 252 Å². The highest BCUT2D eigenvalue weighted by molar-refractivity contribution is 7.18. The Bertz CT molecular complexity index is 1470. The number of aromatic carboxylic acids is 1. The number of hydrogen-bond donors (Lipinski definition) is 7. The molecule has 0 radical (unpaired) electrons. The van der Waals surface area contributed by atoms with Gasteiger partial charge in [-0.25, -0.2) is 9.78 Å². The van der Waals surface area contributed by atoms with E-state index in [0.717, 1.165) is 16.9 Å². The summed E-state index contributed by atoms with van der Waals surface area (Å²) in [5.74, 6) is -4.59. The molecule has 0 saturated carbocycles. The van der Waals surface area contributed by atoms with Crippen molar-refractivity contribution >= 4 is 45.3 Å². The molecule has 1 aromatic heterocycles.